The molecule has 0 saturated carbocycles. The van der Waals surface area contributed by atoms with Crippen LogP contribution in [0.25, 0.3) is 99.5 Å². The first-order valence-electron chi connectivity index (χ1n) is 17.9. The predicted octanol–water partition coefficient (Wildman–Crippen LogP) is 13.2. The van der Waals surface area contributed by atoms with Crippen LogP contribution in [0.5, 0.6) is 0 Å². The highest BCUT2D eigenvalue weighted by molar-refractivity contribution is 6.33. The number of benzene rings is 8. The fourth-order valence-corrected chi connectivity index (χ4v) is 7.63. The molecule has 0 aliphatic heterocycles. The molecular weight excluding hydrogens is 688 g/mol. The molecular formula is C49H28F3N3. The molecule has 2 aromatic heterocycles. The number of halogens is 3. The Morgan fingerprint density at radius 3 is 1.36 bits per heavy atom. The number of rotatable bonds is 5. The lowest BCUT2D eigenvalue weighted by atomic mass is 9.89. The molecule has 0 saturated heterocycles. The molecule has 0 fully saturated rings. The van der Waals surface area contributed by atoms with Gasteiger partial charge in [0.2, 0.25) is 0 Å². The standard InChI is InChI=1S/C49H28F3N3/c50-35-19-12-29(13-20-35)43-28-44(30-14-21-36(51)22-15-30)55-49(54-43)34-7-5-6-32(26-34)33-18-25-42-45(27-33)53-48(31-16-23-37(52)24-17-31)47-41-11-4-2-9-39(41)38-8-1-3-10-40(38)46(42)47/h1-28H. The fourth-order valence-electron chi connectivity index (χ4n) is 7.63. The van der Waals surface area contributed by atoms with Gasteiger partial charge in [-0.3, -0.25) is 0 Å². The van der Waals surface area contributed by atoms with Crippen molar-refractivity contribution in [3.63, 3.8) is 0 Å². The average Bonchev–Trinajstić information content (AvgIpc) is 3.24. The van der Waals surface area contributed by atoms with E-state index in [0.29, 0.717) is 17.2 Å². The van der Waals surface area contributed by atoms with Crippen LogP contribution in [0.15, 0.2) is 170 Å². The van der Waals surface area contributed by atoms with Crippen LogP contribution in [-0.4, -0.2) is 15.0 Å². The quantitative estimate of drug-likeness (QED) is 0.167. The second kappa shape index (κ2) is 13.0. The summed E-state index contributed by atoms with van der Waals surface area (Å²) in [5, 5.41) is 7.64. The Morgan fingerprint density at radius 2 is 0.782 bits per heavy atom. The highest BCUT2D eigenvalue weighted by atomic mass is 19.1. The fraction of sp³-hybridized carbons (Fsp3) is 0. The molecule has 2 heterocycles. The van der Waals surface area contributed by atoms with E-state index in [-0.39, 0.29) is 17.5 Å². The van der Waals surface area contributed by atoms with Crippen molar-refractivity contribution in [3.8, 4) is 56.3 Å². The Bertz CT molecular complexity index is 3040. The zero-order chi connectivity index (χ0) is 37.0. The van der Waals surface area contributed by atoms with Gasteiger partial charge in [0.05, 0.1) is 22.6 Å². The molecule has 260 valence electrons. The number of hydrogen-bond acceptors (Lipinski definition) is 3. The minimum atomic E-state index is -0.339. The van der Waals surface area contributed by atoms with Crippen LogP contribution < -0.4 is 0 Å². The number of hydrogen-bond donors (Lipinski definition) is 0. The number of pyridine rings is 1. The van der Waals surface area contributed by atoms with Crippen LogP contribution in [0, 0.1) is 17.5 Å². The van der Waals surface area contributed by atoms with Gasteiger partial charge in [0.1, 0.15) is 17.5 Å². The first kappa shape index (κ1) is 32.5. The summed E-state index contributed by atoms with van der Waals surface area (Å²) >= 11 is 0. The summed E-state index contributed by atoms with van der Waals surface area (Å²) < 4.78 is 42.0. The summed E-state index contributed by atoms with van der Waals surface area (Å²) in [5.74, 6) is -0.504. The van der Waals surface area contributed by atoms with Crippen LogP contribution in [0.3, 0.4) is 0 Å². The molecule has 0 unspecified atom stereocenters. The number of nitrogens with zero attached hydrogens (tertiary/aromatic N) is 3. The van der Waals surface area contributed by atoms with Crippen molar-refractivity contribution in [2.45, 2.75) is 0 Å². The molecule has 0 spiro atoms. The molecule has 10 aromatic rings. The molecule has 55 heavy (non-hydrogen) atoms. The van der Waals surface area contributed by atoms with E-state index in [0.717, 1.165) is 82.3 Å². The third kappa shape index (κ3) is 5.76. The SMILES string of the molecule is Fc1ccc(-c2cc(-c3ccc(F)cc3)nc(-c3cccc(-c4ccc5c(c4)nc(-c4ccc(F)cc4)c4c6ccccc6c6ccccc6c54)c3)n2)cc1. The van der Waals surface area contributed by atoms with E-state index in [1.54, 1.807) is 36.4 Å². The molecule has 0 atom stereocenters. The molecule has 0 N–H and O–H groups in total. The molecule has 3 nitrogen and oxygen atoms in total. The molecule has 0 aliphatic rings. The molecule has 0 aliphatic carbocycles. The minimum absolute atomic E-state index is 0.303. The van der Waals surface area contributed by atoms with E-state index < -0.39 is 0 Å². The maximum Gasteiger partial charge on any atom is 0.160 e. The van der Waals surface area contributed by atoms with Gasteiger partial charge in [-0.1, -0.05) is 78.9 Å². The second-order valence-corrected chi connectivity index (χ2v) is 13.6. The van der Waals surface area contributed by atoms with E-state index in [1.807, 2.05) is 36.4 Å². The normalized spacial score (nSPS) is 11.5. The Balaban J connectivity index is 1.17. The zero-order valence-electron chi connectivity index (χ0n) is 29.1. The van der Waals surface area contributed by atoms with Gasteiger partial charge in [0.15, 0.2) is 5.82 Å². The Kier molecular flexibility index (Phi) is 7.70. The van der Waals surface area contributed by atoms with E-state index >= 15 is 0 Å². The summed E-state index contributed by atoms with van der Waals surface area (Å²) in [6.45, 7) is 0. The zero-order valence-corrected chi connectivity index (χ0v) is 29.1. The maximum atomic E-state index is 14.2. The molecule has 0 radical (unpaired) electrons. The highest BCUT2D eigenvalue weighted by Crippen LogP contribution is 2.43. The lowest BCUT2D eigenvalue weighted by Gasteiger charge is -2.17. The number of aromatic nitrogens is 3. The smallest absolute Gasteiger partial charge is 0.160 e. The average molecular weight is 716 g/mol. The van der Waals surface area contributed by atoms with Crippen molar-refractivity contribution in [2.75, 3.05) is 0 Å². The Hall–Kier alpha value is -7.18. The van der Waals surface area contributed by atoms with Gasteiger partial charge in [-0.2, -0.15) is 0 Å². The van der Waals surface area contributed by atoms with Crippen LogP contribution in [0.4, 0.5) is 13.2 Å². The van der Waals surface area contributed by atoms with Crippen molar-refractivity contribution in [2.24, 2.45) is 0 Å². The van der Waals surface area contributed by atoms with E-state index in [9.17, 15) is 13.2 Å². The topological polar surface area (TPSA) is 38.7 Å². The van der Waals surface area contributed by atoms with Gasteiger partial charge in [-0.15, -0.1) is 0 Å². The monoisotopic (exact) mass is 715 g/mol. The van der Waals surface area contributed by atoms with E-state index in [1.165, 1.54) is 36.4 Å². The van der Waals surface area contributed by atoms with Crippen molar-refractivity contribution in [3.05, 3.63) is 187 Å². The van der Waals surface area contributed by atoms with E-state index in [2.05, 4.69) is 60.7 Å². The van der Waals surface area contributed by atoms with Crippen molar-refractivity contribution < 1.29 is 13.2 Å². The summed E-state index contributed by atoms with van der Waals surface area (Å²) in [4.78, 5) is 15.2. The lowest BCUT2D eigenvalue weighted by molar-refractivity contribution is 0.627. The van der Waals surface area contributed by atoms with Gasteiger partial charge in [-0.25, -0.2) is 28.1 Å². The second-order valence-electron chi connectivity index (χ2n) is 13.6. The Labute approximate surface area is 314 Å². The molecule has 6 heteroatoms. The molecule has 0 amide bonds. The first-order chi connectivity index (χ1) is 27.0. The third-order valence-electron chi connectivity index (χ3n) is 10.2. The van der Waals surface area contributed by atoms with Crippen LogP contribution in [-0.2, 0) is 0 Å². The van der Waals surface area contributed by atoms with Crippen molar-refractivity contribution in [1.29, 1.82) is 0 Å². The molecule has 8 aromatic carbocycles. The van der Waals surface area contributed by atoms with E-state index in [4.69, 9.17) is 15.0 Å². The first-order valence-corrected chi connectivity index (χ1v) is 17.9. The van der Waals surface area contributed by atoms with Crippen LogP contribution >= 0.6 is 0 Å². The van der Waals surface area contributed by atoms with Crippen molar-refractivity contribution in [1.82, 2.24) is 15.0 Å². The summed E-state index contributed by atoms with van der Waals surface area (Å²) in [6, 6.07) is 51.9. The largest absolute Gasteiger partial charge is 0.247 e. The maximum absolute atomic E-state index is 14.2. The highest BCUT2D eigenvalue weighted by Gasteiger charge is 2.19. The summed E-state index contributed by atoms with van der Waals surface area (Å²) in [7, 11) is 0. The lowest BCUT2D eigenvalue weighted by Crippen LogP contribution is -1.96. The molecule has 10 rings (SSSR count). The molecule has 0 bridgehead atoms. The minimum Gasteiger partial charge on any atom is -0.247 e. The third-order valence-corrected chi connectivity index (χ3v) is 10.2. The van der Waals surface area contributed by atoms with Gasteiger partial charge in [0, 0.05) is 38.4 Å². The van der Waals surface area contributed by atoms with Gasteiger partial charge in [0.25, 0.3) is 0 Å². The van der Waals surface area contributed by atoms with Gasteiger partial charge < -0.3 is 0 Å². The summed E-state index contributed by atoms with van der Waals surface area (Å²) in [6.07, 6.45) is 0. The predicted molar refractivity (Wildman–Crippen MR) is 217 cm³/mol. The van der Waals surface area contributed by atoms with Gasteiger partial charge >= 0.3 is 0 Å². The Morgan fingerprint density at radius 1 is 0.309 bits per heavy atom. The van der Waals surface area contributed by atoms with Gasteiger partial charge in [-0.05, 0) is 124 Å². The van der Waals surface area contributed by atoms with Crippen LogP contribution in [0.1, 0.15) is 0 Å². The van der Waals surface area contributed by atoms with Crippen LogP contribution in [0.2, 0.25) is 0 Å². The summed E-state index contributed by atoms with van der Waals surface area (Å²) in [5.41, 5.74) is 7.78. The number of fused-ring (bicyclic) bond motifs is 8. The van der Waals surface area contributed by atoms with Crippen molar-refractivity contribution >= 4 is 43.2 Å².